The third-order valence-corrected chi connectivity index (χ3v) is 4.92. The highest BCUT2D eigenvalue weighted by molar-refractivity contribution is 5.91. The van der Waals surface area contributed by atoms with Crippen molar-refractivity contribution in [1.82, 2.24) is 0 Å². The highest BCUT2D eigenvalue weighted by Gasteiger charge is 2.29. The van der Waals surface area contributed by atoms with E-state index in [2.05, 4.69) is 10.2 Å². The molecule has 1 unspecified atom stereocenters. The number of carbonyl (C=O) groups excluding carboxylic acids is 1. The van der Waals surface area contributed by atoms with E-state index in [0.29, 0.717) is 17.7 Å². The molecule has 1 heterocycles. The number of ether oxygens (including phenoxy) is 1. The topological polar surface area (TPSA) is 41.6 Å². The summed E-state index contributed by atoms with van der Waals surface area (Å²) in [6, 6.07) is 12.5. The van der Waals surface area contributed by atoms with E-state index in [9.17, 15) is 18.0 Å². The van der Waals surface area contributed by atoms with Gasteiger partial charge in [-0.25, -0.2) is 0 Å². The average Bonchev–Trinajstić information content (AvgIpc) is 3.16. The van der Waals surface area contributed by atoms with E-state index >= 15 is 0 Å². The Labute approximate surface area is 162 Å². The van der Waals surface area contributed by atoms with Crippen LogP contribution in [-0.2, 0) is 22.1 Å². The predicted molar refractivity (Wildman–Crippen MR) is 102 cm³/mol. The standard InChI is InChI=1S/C21H23F3N2O2/c1-28-19-12-13-26(14-19)18-9-7-17(8-10-18)25-20(27)11-4-15-2-5-16(6-3-15)21(22,23)24/h2-3,5-10,19H,4,11-14H2,1H3,(H,25,27). The zero-order valence-corrected chi connectivity index (χ0v) is 15.6. The van der Waals surface area contributed by atoms with Crippen LogP contribution in [0.15, 0.2) is 48.5 Å². The number of hydrogen-bond donors (Lipinski definition) is 1. The Bertz CT molecular complexity index is 789. The van der Waals surface area contributed by atoms with Gasteiger partial charge in [0.1, 0.15) is 0 Å². The summed E-state index contributed by atoms with van der Waals surface area (Å²) in [5.74, 6) is -0.173. The average molecular weight is 392 g/mol. The molecule has 1 saturated heterocycles. The van der Waals surface area contributed by atoms with Crippen LogP contribution in [0.4, 0.5) is 24.5 Å². The molecule has 0 radical (unpaired) electrons. The van der Waals surface area contributed by atoms with Crippen LogP contribution in [0.25, 0.3) is 0 Å². The minimum atomic E-state index is -4.35. The van der Waals surface area contributed by atoms with Gasteiger partial charge in [0.25, 0.3) is 0 Å². The first kappa shape index (κ1) is 20.2. The number of carbonyl (C=O) groups is 1. The Balaban J connectivity index is 1.48. The number of hydrogen-bond acceptors (Lipinski definition) is 3. The van der Waals surface area contributed by atoms with Crippen molar-refractivity contribution >= 4 is 17.3 Å². The van der Waals surface area contributed by atoms with Gasteiger partial charge in [-0.3, -0.25) is 4.79 Å². The minimum absolute atomic E-state index is 0.173. The summed E-state index contributed by atoms with van der Waals surface area (Å²) >= 11 is 0. The van der Waals surface area contributed by atoms with Gasteiger partial charge in [0, 0.05) is 38.0 Å². The molecular formula is C21H23F3N2O2. The third-order valence-electron chi connectivity index (χ3n) is 4.92. The van der Waals surface area contributed by atoms with Crippen molar-refractivity contribution in [2.24, 2.45) is 0 Å². The van der Waals surface area contributed by atoms with E-state index in [1.165, 1.54) is 12.1 Å². The minimum Gasteiger partial charge on any atom is -0.380 e. The first-order chi connectivity index (χ1) is 13.3. The highest BCUT2D eigenvalue weighted by Crippen LogP contribution is 2.29. The van der Waals surface area contributed by atoms with Crippen LogP contribution in [-0.4, -0.2) is 32.2 Å². The number of alkyl halides is 3. The number of rotatable bonds is 6. The molecule has 2 aromatic carbocycles. The fourth-order valence-corrected chi connectivity index (χ4v) is 3.25. The molecule has 1 atom stereocenters. The predicted octanol–water partition coefficient (Wildman–Crippen LogP) is 4.50. The maximum atomic E-state index is 12.6. The fourth-order valence-electron chi connectivity index (χ4n) is 3.25. The second kappa shape index (κ2) is 8.65. The van der Waals surface area contributed by atoms with Gasteiger partial charge in [0.2, 0.25) is 5.91 Å². The van der Waals surface area contributed by atoms with Crippen molar-refractivity contribution in [1.29, 1.82) is 0 Å². The fraction of sp³-hybridized carbons (Fsp3) is 0.381. The molecule has 2 aromatic rings. The number of benzene rings is 2. The summed E-state index contributed by atoms with van der Waals surface area (Å²) in [5, 5.41) is 2.82. The Morgan fingerprint density at radius 3 is 2.39 bits per heavy atom. The largest absolute Gasteiger partial charge is 0.416 e. The van der Waals surface area contributed by atoms with Gasteiger partial charge in [-0.05, 0) is 54.8 Å². The summed E-state index contributed by atoms with van der Waals surface area (Å²) in [4.78, 5) is 14.4. The maximum Gasteiger partial charge on any atom is 0.416 e. The number of amides is 1. The molecule has 1 aliphatic heterocycles. The van der Waals surface area contributed by atoms with E-state index < -0.39 is 11.7 Å². The van der Waals surface area contributed by atoms with Gasteiger partial charge >= 0.3 is 6.18 Å². The van der Waals surface area contributed by atoms with Crippen molar-refractivity contribution in [3.63, 3.8) is 0 Å². The number of halogens is 3. The molecular weight excluding hydrogens is 369 g/mol. The lowest BCUT2D eigenvalue weighted by atomic mass is 10.1. The zero-order chi connectivity index (χ0) is 20.1. The van der Waals surface area contributed by atoms with E-state index in [0.717, 1.165) is 37.3 Å². The summed E-state index contributed by atoms with van der Waals surface area (Å²) in [7, 11) is 1.72. The van der Waals surface area contributed by atoms with Crippen LogP contribution in [0.2, 0.25) is 0 Å². The lowest BCUT2D eigenvalue weighted by Crippen LogP contribution is -2.22. The van der Waals surface area contributed by atoms with Crippen molar-refractivity contribution < 1.29 is 22.7 Å². The smallest absolute Gasteiger partial charge is 0.380 e. The van der Waals surface area contributed by atoms with Gasteiger partial charge in [-0.2, -0.15) is 13.2 Å². The van der Waals surface area contributed by atoms with Crippen molar-refractivity contribution in [2.45, 2.75) is 31.5 Å². The summed E-state index contributed by atoms with van der Waals surface area (Å²) in [6.45, 7) is 1.80. The van der Waals surface area contributed by atoms with Gasteiger partial charge in [-0.1, -0.05) is 12.1 Å². The van der Waals surface area contributed by atoms with E-state index in [4.69, 9.17) is 4.74 Å². The van der Waals surface area contributed by atoms with Gasteiger partial charge in [0.05, 0.1) is 11.7 Å². The first-order valence-electron chi connectivity index (χ1n) is 9.19. The lowest BCUT2D eigenvalue weighted by Gasteiger charge is -2.18. The first-order valence-corrected chi connectivity index (χ1v) is 9.19. The molecule has 3 rings (SSSR count). The molecule has 0 spiro atoms. The monoisotopic (exact) mass is 392 g/mol. The van der Waals surface area contributed by atoms with Crippen LogP contribution >= 0.6 is 0 Å². The molecule has 1 fully saturated rings. The third kappa shape index (κ3) is 5.25. The molecule has 0 aromatic heterocycles. The summed E-state index contributed by atoms with van der Waals surface area (Å²) in [5.41, 5.74) is 1.79. The Morgan fingerprint density at radius 2 is 1.82 bits per heavy atom. The zero-order valence-electron chi connectivity index (χ0n) is 15.6. The maximum absolute atomic E-state index is 12.6. The van der Waals surface area contributed by atoms with Gasteiger partial charge in [-0.15, -0.1) is 0 Å². The highest BCUT2D eigenvalue weighted by atomic mass is 19.4. The second-order valence-corrected chi connectivity index (χ2v) is 6.88. The second-order valence-electron chi connectivity index (χ2n) is 6.88. The molecule has 0 saturated carbocycles. The van der Waals surface area contributed by atoms with Gasteiger partial charge < -0.3 is 15.0 Å². The van der Waals surface area contributed by atoms with Crippen LogP contribution < -0.4 is 10.2 Å². The molecule has 1 N–H and O–H groups in total. The Morgan fingerprint density at radius 1 is 1.14 bits per heavy atom. The summed E-state index contributed by atoms with van der Waals surface area (Å²) < 4.78 is 43.1. The molecule has 0 aliphatic carbocycles. The van der Waals surface area contributed by atoms with E-state index in [1.54, 1.807) is 7.11 Å². The Kier molecular flexibility index (Phi) is 6.24. The molecule has 28 heavy (non-hydrogen) atoms. The molecule has 7 heteroatoms. The van der Waals surface area contributed by atoms with Crippen LogP contribution in [0.5, 0.6) is 0 Å². The molecule has 150 valence electrons. The van der Waals surface area contributed by atoms with E-state index in [1.807, 2.05) is 24.3 Å². The van der Waals surface area contributed by atoms with Gasteiger partial charge in [0.15, 0.2) is 0 Å². The number of nitrogens with zero attached hydrogens (tertiary/aromatic N) is 1. The van der Waals surface area contributed by atoms with Crippen LogP contribution in [0, 0.1) is 0 Å². The Hall–Kier alpha value is -2.54. The van der Waals surface area contributed by atoms with Crippen molar-refractivity contribution in [3.05, 3.63) is 59.7 Å². The number of anilines is 2. The molecule has 1 amide bonds. The quantitative estimate of drug-likeness (QED) is 0.787. The normalized spacial score (nSPS) is 17.0. The molecule has 0 bridgehead atoms. The number of methoxy groups -OCH3 is 1. The number of nitrogens with one attached hydrogen (secondary N) is 1. The van der Waals surface area contributed by atoms with Crippen molar-refractivity contribution in [2.75, 3.05) is 30.4 Å². The number of aryl methyl sites for hydroxylation is 1. The van der Waals surface area contributed by atoms with Crippen molar-refractivity contribution in [3.8, 4) is 0 Å². The SMILES string of the molecule is COC1CCN(c2ccc(NC(=O)CCc3ccc(C(F)(F)F)cc3)cc2)C1. The molecule has 1 aliphatic rings. The van der Waals surface area contributed by atoms with E-state index in [-0.39, 0.29) is 18.4 Å². The van der Waals surface area contributed by atoms with Crippen LogP contribution in [0.1, 0.15) is 24.0 Å². The molecule has 4 nitrogen and oxygen atoms in total. The van der Waals surface area contributed by atoms with Crippen LogP contribution in [0.3, 0.4) is 0 Å². The lowest BCUT2D eigenvalue weighted by molar-refractivity contribution is -0.137. The summed E-state index contributed by atoms with van der Waals surface area (Å²) in [6.07, 6.45) is -2.51.